The van der Waals surface area contributed by atoms with Gasteiger partial charge in [0.25, 0.3) is 0 Å². The van der Waals surface area contributed by atoms with E-state index in [4.69, 9.17) is 9.72 Å². The first-order valence-corrected chi connectivity index (χ1v) is 11.5. The molecule has 5 nitrogen and oxygen atoms in total. The predicted octanol–water partition coefficient (Wildman–Crippen LogP) is 5.85. The van der Waals surface area contributed by atoms with Crippen molar-refractivity contribution in [1.29, 1.82) is 0 Å². The van der Waals surface area contributed by atoms with Gasteiger partial charge in [0.15, 0.2) is 5.16 Å². The highest BCUT2D eigenvalue weighted by molar-refractivity contribution is 9.10. The van der Waals surface area contributed by atoms with E-state index >= 15 is 0 Å². The van der Waals surface area contributed by atoms with Crippen LogP contribution in [-0.2, 0) is 17.0 Å². The molecule has 2 aromatic heterocycles. The number of hydrogen-bond donors (Lipinski definition) is 0. The van der Waals surface area contributed by atoms with Crippen molar-refractivity contribution in [2.45, 2.75) is 24.4 Å². The molecule has 0 spiro atoms. The molecular weight excluding hydrogens is 481 g/mol. The minimum absolute atomic E-state index is 0.278. The second-order valence-corrected chi connectivity index (χ2v) is 8.55. The molecule has 0 saturated carbocycles. The number of nitrogens with zero attached hydrogens (tertiary/aromatic N) is 3. The van der Waals surface area contributed by atoms with Crippen LogP contribution in [-0.4, -0.2) is 27.1 Å². The van der Waals surface area contributed by atoms with Crippen LogP contribution in [0.15, 0.2) is 70.4 Å². The SMILES string of the molecule is CCOC(=O)c1ccc2c(c1)nc(SCc1cc(F)ccc1Br)n2Cc1ccccn1. The van der Waals surface area contributed by atoms with Crippen LogP contribution < -0.4 is 0 Å². The molecule has 0 bridgehead atoms. The molecule has 0 aliphatic carbocycles. The fourth-order valence-corrected chi connectivity index (χ4v) is 4.74. The molecule has 0 amide bonds. The van der Waals surface area contributed by atoms with E-state index in [0.29, 0.717) is 30.0 Å². The Labute approximate surface area is 191 Å². The Balaban J connectivity index is 1.71. The van der Waals surface area contributed by atoms with Crippen LogP contribution in [0.25, 0.3) is 11.0 Å². The maximum absolute atomic E-state index is 13.7. The normalized spacial score (nSPS) is 11.1. The number of carbonyl (C=O) groups is 1. The summed E-state index contributed by atoms with van der Waals surface area (Å²) in [5.74, 6) is -0.115. The van der Waals surface area contributed by atoms with E-state index in [9.17, 15) is 9.18 Å². The summed E-state index contributed by atoms with van der Waals surface area (Å²) in [5, 5.41) is 0.762. The Kier molecular flexibility index (Phi) is 6.67. The Hall–Kier alpha value is -2.71. The van der Waals surface area contributed by atoms with Crippen molar-refractivity contribution in [3.8, 4) is 0 Å². The molecule has 0 unspecified atom stereocenters. The van der Waals surface area contributed by atoms with Crippen molar-refractivity contribution in [2.75, 3.05) is 6.61 Å². The molecule has 0 saturated heterocycles. The van der Waals surface area contributed by atoms with Gasteiger partial charge >= 0.3 is 5.97 Å². The van der Waals surface area contributed by atoms with Crippen LogP contribution in [0, 0.1) is 5.82 Å². The van der Waals surface area contributed by atoms with Crippen LogP contribution in [0.4, 0.5) is 4.39 Å². The van der Waals surface area contributed by atoms with E-state index in [0.717, 1.165) is 26.4 Å². The smallest absolute Gasteiger partial charge is 0.338 e. The van der Waals surface area contributed by atoms with Crippen molar-refractivity contribution in [3.05, 3.63) is 87.9 Å². The largest absolute Gasteiger partial charge is 0.462 e. The summed E-state index contributed by atoms with van der Waals surface area (Å²) in [7, 11) is 0. The van der Waals surface area contributed by atoms with Gasteiger partial charge in [0.2, 0.25) is 0 Å². The zero-order valence-electron chi connectivity index (χ0n) is 16.7. The lowest BCUT2D eigenvalue weighted by Crippen LogP contribution is -2.05. The van der Waals surface area contributed by atoms with Crippen molar-refractivity contribution in [2.24, 2.45) is 0 Å². The number of ether oxygens (including phenoxy) is 1. The summed E-state index contributed by atoms with van der Waals surface area (Å²) in [6, 6.07) is 15.8. The summed E-state index contributed by atoms with van der Waals surface area (Å²) in [6.07, 6.45) is 1.75. The molecular formula is C23H19BrFN3O2S. The third-order valence-corrected chi connectivity index (χ3v) is 6.43. The summed E-state index contributed by atoms with van der Waals surface area (Å²) >= 11 is 4.99. The zero-order chi connectivity index (χ0) is 21.8. The molecule has 2 aromatic carbocycles. The van der Waals surface area contributed by atoms with Crippen molar-refractivity contribution in [1.82, 2.24) is 14.5 Å². The van der Waals surface area contributed by atoms with Gasteiger partial charge in [-0.3, -0.25) is 4.98 Å². The molecule has 8 heteroatoms. The summed E-state index contributed by atoms with van der Waals surface area (Å²) < 4.78 is 21.7. The molecule has 0 N–H and O–H groups in total. The van der Waals surface area contributed by atoms with E-state index in [2.05, 4.69) is 25.5 Å². The second-order valence-electron chi connectivity index (χ2n) is 6.75. The highest BCUT2D eigenvalue weighted by atomic mass is 79.9. The lowest BCUT2D eigenvalue weighted by molar-refractivity contribution is 0.0526. The Morgan fingerprint density at radius 3 is 2.84 bits per heavy atom. The molecule has 0 aliphatic heterocycles. The number of carbonyl (C=O) groups excluding carboxylic acids is 1. The molecule has 4 aromatic rings. The molecule has 0 atom stereocenters. The third-order valence-electron chi connectivity index (χ3n) is 4.64. The highest BCUT2D eigenvalue weighted by Crippen LogP contribution is 2.30. The van der Waals surface area contributed by atoms with Crippen LogP contribution in [0.3, 0.4) is 0 Å². The van der Waals surface area contributed by atoms with Gasteiger partial charge in [-0.2, -0.15) is 0 Å². The van der Waals surface area contributed by atoms with Gasteiger partial charge in [0.1, 0.15) is 5.82 Å². The lowest BCUT2D eigenvalue weighted by Gasteiger charge is -2.09. The summed E-state index contributed by atoms with van der Waals surface area (Å²) in [6.45, 7) is 2.62. The minimum atomic E-state index is -0.374. The Morgan fingerprint density at radius 2 is 2.06 bits per heavy atom. The maximum atomic E-state index is 13.7. The molecule has 2 heterocycles. The van der Waals surface area contributed by atoms with Crippen molar-refractivity contribution >= 4 is 44.7 Å². The monoisotopic (exact) mass is 499 g/mol. The quantitative estimate of drug-likeness (QED) is 0.235. The zero-order valence-corrected chi connectivity index (χ0v) is 19.1. The first kappa shape index (κ1) is 21.5. The number of fused-ring (bicyclic) bond motifs is 1. The summed E-state index contributed by atoms with van der Waals surface area (Å²) in [5.41, 5.74) is 3.78. The Bertz CT molecular complexity index is 1230. The average Bonchev–Trinajstić information content (AvgIpc) is 3.11. The van der Waals surface area contributed by atoms with E-state index < -0.39 is 0 Å². The number of benzene rings is 2. The van der Waals surface area contributed by atoms with Crippen LogP contribution in [0.2, 0.25) is 0 Å². The van der Waals surface area contributed by atoms with Gasteiger partial charge in [-0.15, -0.1) is 0 Å². The second kappa shape index (κ2) is 9.62. The van der Waals surface area contributed by atoms with Crippen LogP contribution >= 0.6 is 27.7 Å². The number of hydrogen-bond acceptors (Lipinski definition) is 5. The predicted molar refractivity (Wildman–Crippen MR) is 123 cm³/mol. The van der Waals surface area contributed by atoms with Crippen LogP contribution in [0.1, 0.15) is 28.5 Å². The fraction of sp³-hybridized carbons (Fsp3) is 0.174. The number of halogens is 2. The van der Waals surface area contributed by atoms with Gasteiger partial charge in [-0.25, -0.2) is 14.2 Å². The van der Waals surface area contributed by atoms with Crippen LogP contribution in [0.5, 0.6) is 0 Å². The van der Waals surface area contributed by atoms with E-state index in [1.54, 1.807) is 31.3 Å². The highest BCUT2D eigenvalue weighted by Gasteiger charge is 2.16. The van der Waals surface area contributed by atoms with Gasteiger partial charge in [-0.05, 0) is 61.0 Å². The number of pyridine rings is 1. The molecule has 0 radical (unpaired) electrons. The van der Waals surface area contributed by atoms with E-state index in [1.807, 2.05) is 24.3 Å². The Morgan fingerprint density at radius 1 is 1.19 bits per heavy atom. The van der Waals surface area contributed by atoms with Gasteiger partial charge in [0, 0.05) is 16.4 Å². The minimum Gasteiger partial charge on any atom is -0.462 e. The number of thioether (sulfide) groups is 1. The molecule has 4 rings (SSSR count). The van der Waals surface area contributed by atoms with E-state index in [-0.39, 0.29) is 11.8 Å². The molecule has 31 heavy (non-hydrogen) atoms. The first-order chi connectivity index (χ1) is 15.0. The number of esters is 1. The maximum Gasteiger partial charge on any atom is 0.338 e. The molecule has 158 valence electrons. The van der Waals surface area contributed by atoms with Gasteiger partial charge < -0.3 is 9.30 Å². The van der Waals surface area contributed by atoms with E-state index in [1.165, 1.54) is 23.9 Å². The van der Waals surface area contributed by atoms with Gasteiger partial charge in [0.05, 0.1) is 35.4 Å². The molecule has 0 fully saturated rings. The fourth-order valence-electron chi connectivity index (χ4n) is 3.16. The number of rotatable bonds is 7. The van der Waals surface area contributed by atoms with Crippen molar-refractivity contribution < 1.29 is 13.9 Å². The van der Waals surface area contributed by atoms with Crippen molar-refractivity contribution in [3.63, 3.8) is 0 Å². The topological polar surface area (TPSA) is 57.0 Å². The third kappa shape index (κ3) is 4.97. The summed E-state index contributed by atoms with van der Waals surface area (Å²) in [4.78, 5) is 21.3. The average molecular weight is 500 g/mol. The van der Waals surface area contributed by atoms with Gasteiger partial charge in [-0.1, -0.05) is 33.8 Å². The standard InChI is InChI=1S/C23H19BrFN3O2S/c1-2-30-22(29)15-6-9-21-20(12-15)27-23(28(21)13-18-5-3-4-10-26-18)31-14-16-11-17(25)7-8-19(16)24/h3-12H,2,13-14H2,1H3. The number of imidazole rings is 1. The lowest BCUT2D eigenvalue weighted by atomic mass is 10.2. The number of aromatic nitrogens is 3. The molecule has 0 aliphatic rings. The first-order valence-electron chi connectivity index (χ1n) is 9.69.